The van der Waals surface area contributed by atoms with E-state index >= 15 is 0 Å². The SMILES string of the molecule is CN(C)C(=O)N(C(=O)CN1CC(C)(c2ccccc2)C(c2ccc(Cl)cc2)=N1)c1ccc(Br)cc1. The average molecular weight is 554 g/mol. The number of rotatable bonds is 5. The lowest BCUT2D eigenvalue weighted by atomic mass is 9.76. The van der Waals surface area contributed by atoms with Gasteiger partial charge < -0.3 is 4.90 Å². The van der Waals surface area contributed by atoms with Crippen molar-refractivity contribution in [2.45, 2.75) is 12.3 Å². The number of benzene rings is 3. The van der Waals surface area contributed by atoms with Gasteiger partial charge in [-0.05, 0) is 54.4 Å². The highest BCUT2D eigenvalue weighted by Gasteiger charge is 2.42. The van der Waals surface area contributed by atoms with Gasteiger partial charge in [0.25, 0.3) is 5.91 Å². The van der Waals surface area contributed by atoms with Gasteiger partial charge in [0.05, 0.1) is 23.4 Å². The summed E-state index contributed by atoms with van der Waals surface area (Å²) < 4.78 is 0.862. The molecule has 0 aliphatic carbocycles. The van der Waals surface area contributed by atoms with Crippen LogP contribution in [0.1, 0.15) is 18.1 Å². The van der Waals surface area contributed by atoms with Gasteiger partial charge in [0.15, 0.2) is 0 Å². The van der Waals surface area contributed by atoms with E-state index in [0.29, 0.717) is 17.3 Å². The zero-order chi connectivity index (χ0) is 25.2. The first-order valence-electron chi connectivity index (χ1n) is 11.1. The standard InChI is InChI=1S/C27H26BrClN4O2/c1-27(20-7-5-4-6-8-20)18-32(30-25(27)19-9-13-22(29)14-10-19)17-24(34)33(26(35)31(2)3)23-15-11-21(28)12-16-23/h4-16H,17-18H2,1-3H3. The summed E-state index contributed by atoms with van der Waals surface area (Å²) in [6, 6.07) is 24.3. The van der Waals surface area contributed by atoms with Crippen LogP contribution in [0.2, 0.25) is 5.02 Å². The van der Waals surface area contributed by atoms with E-state index in [0.717, 1.165) is 21.3 Å². The Labute approximate surface area is 218 Å². The number of halogens is 2. The molecule has 3 aromatic carbocycles. The first-order chi connectivity index (χ1) is 16.7. The van der Waals surface area contributed by atoms with Crippen LogP contribution < -0.4 is 4.90 Å². The Morgan fingerprint density at radius 3 is 2.23 bits per heavy atom. The molecule has 0 saturated carbocycles. The van der Waals surface area contributed by atoms with Crippen LogP contribution in [0.4, 0.5) is 10.5 Å². The van der Waals surface area contributed by atoms with Crippen LogP contribution in [0, 0.1) is 0 Å². The minimum Gasteiger partial charge on any atom is -0.330 e. The molecular formula is C27H26BrClN4O2. The Morgan fingerprint density at radius 1 is 1.00 bits per heavy atom. The van der Waals surface area contributed by atoms with Crippen LogP contribution >= 0.6 is 27.5 Å². The number of urea groups is 1. The number of carbonyl (C=O) groups is 2. The molecule has 0 fully saturated rings. The summed E-state index contributed by atoms with van der Waals surface area (Å²) in [7, 11) is 3.25. The number of anilines is 1. The lowest BCUT2D eigenvalue weighted by Crippen LogP contribution is -2.47. The second-order valence-electron chi connectivity index (χ2n) is 8.86. The van der Waals surface area contributed by atoms with Gasteiger partial charge in [-0.2, -0.15) is 5.10 Å². The predicted molar refractivity (Wildman–Crippen MR) is 144 cm³/mol. The van der Waals surface area contributed by atoms with Crippen LogP contribution in [-0.4, -0.2) is 54.7 Å². The van der Waals surface area contributed by atoms with Gasteiger partial charge in [0.1, 0.15) is 6.54 Å². The maximum absolute atomic E-state index is 13.5. The molecule has 0 saturated heterocycles. The third-order valence-electron chi connectivity index (χ3n) is 6.02. The van der Waals surface area contributed by atoms with Crippen LogP contribution in [0.25, 0.3) is 0 Å². The third-order valence-corrected chi connectivity index (χ3v) is 6.80. The summed E-state index contributed by atoms with van der Waals surface area (Å²) in [5.74, 6) is -0.359. The fourth-order valence-electron chi connectivity index (χ4n) is 4.21. The van der Waals surface area contributed by atoms with E-state index in [2.05, 4.69) is 35.0 Å². The van der Waals surface area contributed by atoms with Crippen molar-refractivity contribution in [2.24, 2.45) is 5.10 Å². The molecule has 1 aliphatic heterocycles. The Morgan fingerprint density at radius 2 is 1.63 bits per heavy atom. The number of nitrogens with zero attached hydrogens (tertiary/aromatic N) is 4. The number of imide groups is 1. The molecule has 1 aliphatic rings. The summed E-state index contributed by atoms with van der Waals surface area (Å²) >= 11 is 9.53. The summed E-state index contributed by atoms with van der Waals surface area (Å²) in [5, 5.41) is 7.27. The van der Waals surface area contributed by atoms with Crippen molar-refractivity contribution in [3.05, 3.63) is 99.5 Å². The van der Waals surface area contributed by atoms with Gasteiger partial charge in [-0.1, -0.05) is 70.0 Å². The molecule has 6 nitrogen and oxygen atoms in total. The van der Waals surface area contributed by atoms with Crippen LogP contribution in [0.3, 0.4) is 0 Å². The molecule has 1 atom stereocenters. The molecule has 3 amide bonds. The Hall–Kier alpha value is -3.16. The molecule has 1 unspecified atom stereocenters. The zero-order valence-electron chi connectivity index (χ0n) is 19.8. The largest absolute Gasteiger partial charge is 0.330 e. The number of amides is 3. The second kappa shape index (κ2) is 10.2. The van der Waals surface area contributed by atoms with Gasteiger partial charge in [-0.3, -0.25) is 9.80 Å². The molecule has 0 aromatic heterocycles. The maximum atomic E-state index is 13.5. The molecule has 4 rings (SSSR count). The van der Waals surface area contributed by atoms with E-state index in [4.69, 9.17) is 16.7 Å². The van der Waals surface area contributed by atoms with E-state index in [1.54, 1.807) is 43.4 Å². The van der Waals surface area contributed by atoms with Crippen LogP contribution in [-0.2, 0) is 10.2 Å². The highest BCUT2D eigenvalue weighted by Crippen LogP contribution is 2.35. The van der Waals surface area contributed by atoms with Crippen molar-refractivity contribution in [3.8, 4) is 0 Å². The molecule has 8 heteroatoms. The molecule has 35 heavy (non-hydrogen) atoms. The molecule has 180 valence electrons. The third kappa shape index (κ3) is 5.26. The van der Waals surface area contributed by atoms with E-state index in [1.165, 1.54) is 9.80 Å². The Kier molecular flexibility index (Phi) is 7.28. The second-order valence-corrected chi connectivity index (χ2v) is 10.2. The molecule has 0 bridgehead atoms. The van der Waals surface area contributed by atoms with Gasteiger partial charge in [0, 0.05) is 23.6 Å². The number of hydrogen-bond donors (Lipinski definition) is 0. The Balaban J connectivity index is 1.68. The van der Waals surface area contributed by atoms with Crippen molar-refractivity contribution in [3.63, 3.8) is 0 Å². The minimum absolute atomic E-state index is 0.0465. The number of hydrazone groups is 1. The van der Waals surface area contributed by atoms with Gasteiger partial charge in [0.2, 0.25) is 0 Å². The van der Waals surface area contributed by atoms with Gasteiger partial charge >= 0.3 is 6.03 Å². The van der Waals surface area contributed by atoms with Crippen molar-refractivity contribution < 1.29 is 9.59 Å². The van der Waals surface area contributed by atoms with Gasteiger partial charge in [-0.15, -0.1) is 0 Å². The average Bonchev–Trinajstić information content (AvgIpc) is 3.18. The van der Waals surface area contributed by atoms with Crippen LogP contribution in [0.15, 0.2) is 88.4 Å². The Bertz CT molecular complexity index is 1250. The molecule has 3 aromatic rings. The van der Waals surface area contributed by atoms with E-state index in [1.807, 2.05) is 42.5 Å². The summed E-state index contributed by atoms with van der Waals surface area (Å²) in [6.07, 6.45) is 0. The number of hydrogen-bond acceptors (Lipinski definition) is 4. The molecule has 0 N–H and O–H groups in total. The molecule has 1 heterocycles. The zero-order valence-corrected chi connectivity index (χ0v) is 22.1. The predicted octanol–water partition coefficient (Wildman–Crippen LogP) is 5.79. The first-order valence-corrected chi connectivity index (χ1v) is 12.3. The van der Waals surface area contributed by atoms with E-state index in [9.17, 15) is 9.59 Å². The highest BCUT2D eigenvalue weighted by molar-refractivity contribution is 9.10. The topological polar surface area (TPSA) is 56.2 Å². The molecule has 0 spiro atoms. The first kappa shape index (κ1) is 24.9. The van der Waals surface area contributed by atoms with Crippen molar-refractivity contribution in [2.75, 3.05) is 32.1 Å². The van der Waals surface area contributed by atoms with E-state index in [-0.39, 0.29) is 12.5 Å². The highest BCUT2D eigenvalue weighted by atomic mass is 79.9. The summed E-state index contributed by atoms with van der Waals surface area (Å²) in [5.41, 5.74) is 2.93. The summed E-state index contributed by atoms with van der Waals surface area (Å²) in [4.78, 5) is 29.1. The summed E-state index contributed by atoms with van der Waals surface area (Å²) in [6.45, 7) is 2.57. The maximum Gasteiger partial charge on any atom is 0.330 e. The van der Waals surface area contributed by atoms with Crippen molar-refractivity contribution >= 4 is 50.9 Å². The van der Waals surface area contributed by atoms with Gasteiger partial charge in [-0.25, -0.2) is 9.69 Å². The lowest BCUT2D eigenvalue weighted by Gasteiger charge is -2.29. The quantitative estimate of drug-likeness (QED) is 0.402. The smallest absolute Gasteiger partial charge is 0.330 e. The molecule has 0 radical (unpaired) electrons. The minimum atomic E-state index is -0.455. The van der Waals surface area contributed by atoms with E-state index < -0.39 is 11.4 Å². The van der Waals surface area contributed by atoms with Crippen molar-refractivity contribution in [1.82, 2.24) is 9.91 Å². The van der Waals surface area contributed by atoms with Crippen molar-refractivity contribution in [1.29, 1.82) is 0 Å². The fourth-order valence-corrected chi connectivity index (χ4v) is 4.60. The number of carbonyl (C=O) groups excluding carboxylic acids is 2. The van der Waals surface area contributed by atoms with Crippen LogP contribution in [0.5, 0.6) is 0 Å². The fraction of sp³-hybridized carbons (Fsp3) is 0.222. The normalized spacial score (nSPS) is 17.2. The lowest BCUT2D eigenvalue weighted by molar-refractivity contribution is -0.119. The monoisotopic (exact) mass is 552 g/mol. The molecular weight excluding hydrogens is 528 g/mol.